The predicted octanol–water partition coefficient (Wildman–Crippen LogP) is 8.90. The molecule has 0 fully saturated rings. The molecule has 5 heteroatoms. The van der Waals surface area contributed by atoms with Gasteiger partial charge in [-0.2, -0.15) is 0 Å². The Morgan fingerprint density at radius 2 is 1.32 bits per heavy atom. The number of hydrogen-bond acceptors (Lipinski definition) is 5. The third kappa shape index (κ3) is 2.98. The van der Waals surface area contributed by atoms with Gasteiger partial charge in [0, 0.05) is 23.0 Å². The fourth-order valence-corrected chi connectivity index (χ4v) is 5.35. The van der Waals surface area contributed by atoms with Crippen LogP contribution in [0.3, 0.4) is 0 Å². The highest BCUT2D eigenvalue weighted by Gasteiger charge is 2.22. The van der Waals surface area contributed by atoms with Gasteiger partial charge in [-0.25, -0.2) is 9.97 Å². The van der Waals surface area contributed by atoms with Crippen LogP contribution < -0.4 is 4.90 Å². The summed E-state index contributed by atoms with van der Waals surface area (Å²) in [6.07, 6.45) is 3.68. The molecular weight excluding hydrogens is 458 g/mol. The van der Waals surface area contributed by atoms with Gasteiger partial charge in [-0.05, 0) is 47.9 Å². The highest BCUT2D eigenvalue weighted by Crippen LogP contribution is 2.45. The number of pyridine rings is 2. The summed E-state index contributed by atoms with van der Waals surface area (Å²) >= 11 is 0. The van der Waals surface area contributed by atoms with Crippen LogP contribution in [0.4, 0.5) is 17.1 Å². The number of nitrogens with zero attached hydrogens (tertiary/aromatic N) is 3. The lowest BCUT2D eigenvalue weighted by Gasteiger charge is -2.27. The van der Waals surface area contributed by atoms with Crippen molar-refractivity contribution < 1.29 is 8.83 Å². The van der Waals surface area contributed by atoms with Gasteiger partial charge in [-0.15, -0.1) is 0 Å². The average Bonchev–Trinajstić information content (AvgIpc) is 3.52. The van der Waals surface area contributed by atoms with E-state index in [1.165, 1.54) is 0 Å². The van der Waals surface area contributed by atoms with Crippen molar-refractivity contribution in [1.82, 2.24) is 9.97 Å². The van der Waals surface area contributed by atoms with Gasteiger partial charge in [0.1, 0.15) is 16.7 Å². The fraction of sp³-hybridized carbons (Fsp3) is 0. The first-order chi connectivity index (χ1) is 18.3. The summed E-state index contributed by atoms with van der Waals surface area (Å²) in [6.45, 7) is 0. The number of aromatic nitrogens is 2. The summed E-state index contributed by atoms with van der Waals surface area (Å²) in [4.78, 5) is 11.6. The number of benzene rings is 4. The second-order valence-electron chi connectivity index (χ2n) is 9.08. The first-order valence-electron chi connectivity index (χ1n) is 12.2. The van der Waals surface area contributed by atoms with E-state index in [4.69, 9.17) is 13.8 Å². The number of rotatable bonds is 3. The molecule has 0 saturated carbocycles. The van der Waals surface area contributed by atoms with Gasteiger partial charge < -0.3 is 13.7 Å². The SMILES string of the molecule is c1ccc2c(N(c3cnc4c(c3)oc3ccccc34)c3cccc4oc5ncccc5c34)cccc2c1. The van der Waals surface area contributed by atoms with Crippen molar-refractivity contribution in [2.24, 2.45) is 0 Å². The Bertz CT molecular complexity index is 2120. The first-order valence-corrected chi connectivity index (χ1v) is 12.2. The molecule has 0 aliphatic carbocycles. The summed E-state index contributed by atoms with van der Waals surface area (Å²) < 4.78 is 12.4. The second-order valence-corrected chi connectivity index (χ2v) is 9.08. The first kappa shape index (κ1) is 20.1. The Morgan fingerprint density at radius 3 is 2.30 bits per heavy atom. The Morgan fingerprint density at radius 1 is 0.568 bits per heavy atom. The number of hydrogen-bond donors (Lipinski definition) is 0. The predicted molar refractivity (Wildman–Crippen MR) is 149 cm³/mol. The molecule has 4 aromatic heterocycles. The molecule has 0 unspecified atom stereocenters. The zero-order valence-electron chi connectivity index (χ0n) is 19.6. The molecule has 37 heavy (non-hydrogen) atoms. The van der Waals surface area contributed by atoms with E-state index in [1.54, 1.807) is 6.20 Å². The van der Waals surface area contributed by atoms with Gasteiger partial charge in [0.05, 0.1) is 34.0 Å². The monoisotopic (exact) mass is 477 g/mol. The van der Waals surface area contributed by atoms with E-state index in [0.29, 0.717) is 5.71 Å². The standard InChI is InChI=1S/C32H19N3O2/c1-2-10-22-20(8-1)9-5-13-25(22)35(21-18-29-31(34-19-21)23-11-3-4-15-27(23)36-29)26-14-6-16-28-30(26)24-12-7-17-33-32(24)37-28/h1-19H. The Hall–Kier alpha value is -5.16. The second kappa shape index (κ2) is 7.67. The highest BCUT2D eigenvalue weighted by molar-refractivity contribution is 6.14. The molecule has 0 saturated heterocycles. The van der Waals surface area contributed by atoms with E-state index in [9.17, 15) is 0 Å². The molecule has 0 spiro atoms. The van der Waals surface area contributed by atoms with E-state index in [1.807, 2.05) is 48.7 Å². The van der Waals surface area contributed by atoms with Crippen LogP contribution in [0.1, 0.15) is 0 Å². The Balaban J connectivity index is 1.47. The molecule has 8 rings (SSSR count). The average molecular weight is 478 g/mol. The number of para-hydroxylation sites is 1. The van der Waals surface area contributed by atoms with Crippen LogP contribution in [0, 0.1) is 0 Å². The molecule has 0 aliphatic rings. The lowest BCUT2D eigenvalue weighted by molar-refractivity contribution is 0.654. The van der Waals surface area contributed by atoms with E-state index in [0.717, 1.165) is 66.3 Å². The summed E-state index contributed by atoms with van der Waals surface area (Å²) in [5, 5.41) is 5.28. The minimum absolute atomic E-state index is 0.619. The fourth-order valence-electron chi connectivity index (χ4n) is 5.35. The quantitative estimate of drug-likeness (QED) is 0.254. The van der Waals surface area contributed by atoms with Crippen molar-refractivity contribution in [3.63, 3.8) is 0 Å². The lowest BCUT2D eigenvalue weighted by atomic mass is 10.0. The third-order valence-corrected chi connectivity index (χ3v) is 6.96. The summed E-state index contributed by atoms with van der Waals surface area (Å²) in [5.41, 5.74) is 6.76. The van der Waals surface area contributed by atoms with Gasteiger partial charge in [0.25, 0.3) is 0 Å². The maximum Gasteiger partial charge on any atom is 0.227 e. The van der Waals surface area contributed by atoms with Crippen molar-refractivity contribution in [1.29, 1.82) is 0 Å². The van der Waals surface area contributed by atoms with Gasteiger partial charge in [0.15, 0.2) is 5.58 Å². The molecule has 0 N–H and O–H groups in total. The molecule has 174 valence electrons. The summed E-state index contributed by atoms with van der Waals surface area (Å²) in [5.74, 6) is 0. The Kier molecular flexibility index (Phi) is 4.16. The van der Waals surface area contributed by atoms with Gasteiger partial charge in [-0.3, -0.25) is 0 Å². The zero-order valence-corrected chi connectivity index (χ0v) is 19.6. The van der Waals surface area contributed by atoms with Crippen LogP contribution >= 0.6 is 0 Å². The van der Waals surface area contributed by atoms with Gasteiger partial charge in [0.2, 0.25) is 5.71 Å². The third-order valence-electron chi connectivity index (χ3n) is 6.96. The van der Waals surface area contributed by atoms with Crippen LogP contribution in [0.15, 0.2) is 124 Å². The lowest BCUT2D eigenvalue weighted by Crippen LogP contribution is -2.11. The van der Waals surface area contributed by atoms with Crippen LogP contribution in [-0.4, -0.2) is 9.97 Å². The molecule has 0 amide bonds. The van der Waals surface area contributed by atoms with Crippen LogP contribution in [0.25, 0.3) is 54.9 Å². The van der Waals surface area contributed by atoms with Crippen LogP contribution in [-0.2, 0) is 0 Å². The minimum atomic E-state index is 0.619. The van der Waals surface area contributed by atoms with Crippen molar-refractivity contribution in [3.05, 3.63) is 116 Å². The normalized spacial score (nSPS) is 11.8. The van der Waals surface area contributed by atoms with Crippen molar-refractivity contribution in [3.8, 4) is 0 Å². The number of furan rings is 2. The van der Waals surface area contributed by atoms with Crippen molar-refractivity contribution in [2.45, 2.75) is 0 Å². The molecule has 4 heterocycles. The van der Waals surface area contributed by atoms with Crippen molar-refractivity contribution >= 4 is 72.0 Å². The van der Waals surface area contributed by atoms with E-state index in [2.05, 4.69) is 70.5 Å². The Labute approximate surface area is 211 Å². The summed E-state index contributed by atoms with van der Waals surface area (Å²) in [7, 11) is 0. The molecule has 0 aliphatic heterocycles. The molecular formula is C32H19N3O2. The molecule has 0 radical (unpaired) electrons. The van der Waals surface area contributed by atoms with E-state index >= 15 is 0 Å². The maximum atomic E-state index is 6.23. The van der Waals surface area contributed by atoms with Crippen LogP contribution in [0.2, 0.25) is 0 Å². The molecule has 5 nitrogen and oxygen atoms in total. The molecule has 0 atom stereocenters. The van der Waals surface area contributed by atoms with E-state index < -0.39 is 0 Å². The molecule has 4 aromatic carbocycles. The largest absolute Gasteiger partial charge is 0.454 e. The molecule has 8 aromatic rings. The van der Waals surface area contributed by atoms with Gasteiger partial charge in [-0.1, -0.05) is 54.6 Å². The van der Waals surface area contributed by atoms with E-state index in [-0.39, 0.29) is 0 Å². The van der Waals surface area contributed by atoms with Gasteiger partial charge >= 0.3 is 0 Å². The van der Waals surface area contributed by atoms with Crippen LogP contribution in [0.5, 0.6) is 0 Å². The molecule has 0 bridgehead atoms. The smallest absolute Gasteiger partial charge is 0.227 e. The number of fused-ring (bicyclic) bond motifs is 7. The topological polar surface area (TPSA) is 55.3 Å². The number of anilines is 3. The zero-order chi connectivity index (χ0) is 24.3. The maximum absolute atomic E-state index is 6.23. The summed E-state index contributed by atoms with van der Waals surface area (Å²) in [6, 6.07) is 35.0. The minimum Gasteiger partial charge on any atom is -0.454 e. The van der Waals surface area contributed by atoms with Crippen molar-refractivity contribution in [2.75, 3.05) is 4.90 Å². The highest BCUT2D eigenvalue weighted by atomic mass is 16.3.